The zero-order valence-corrected chi connectivity index (χ0v) is 10.8. The summed E-state index contributed by atoms with van der Waals surface area (Å²) in [6.07, 6.45) is 0.366. The normalized spacial score (nSPS) is 12.1. The van der Waals surface area contributed by atoms with E-state index in [0.29, 0.717) is 5.75 Å². The molecule has 0 amide bonds. The van der Waals surface area contributed by atoms with Crippen molar-refractivity contribution < 1.29 is 14.8 Å². The van der Waals surface area contributed by atoms with Crippen molar-refractivity contribution in [1.29, 1.82) is 0 Å². The molecule has 0 aliphatic rings. The van der Waals surface area contributed by atoms with Crippen molar-refractivity contribution >= 4 is 5.95 Å². The highest BCUT2D eigenvalue weighted by Gasteiger charge is 2.16. The Morgan fingerprint density at radius 3 is 2.75 bits per heavy atom. The van der Waals surface area contributed by atoms with Crippen molar-refractivity contribution in [2.24, 2.45) is 0 Å². The zero-order valence-electron chi connectivity index (χ0n) is 10.8. The number of hydrogen-bond acceptors (Lipinski definition) is 6. The summed E-state index contributed by atoms with van der Waals surface area (Å²) in [6, 6.07) is 7.43. The molecule has 0 spiro atoms. The number of aliphatic hydroxyl groups excluding tert-OH is 1. The quantitative estimate of drug-likeness (QED) is 0.623. The minimum Gasteiger partial charge on any atom is -0.491 e. The maximum Gasteiger partial charge on any atom is 0.490 e. The van der Waals surface area contributed by atoms with Crippen LogP contribution in [0.5, 0.6) is 5.75 Å². The summed E-state index contributed by atoms with van der Waals surface area (Å²) >= 11 is 0. The van der Waals surface area contributed by atoms with Gasteiger partial charge in [-0.1, -0.05) is 22.7 Å². The van der Waals surface area contributed by atoms with Crippen LogP contribution >= 0.6 is 0 Å². The number of aliphatic hydroxyl groups is 1. The maximum absolute atomic E-state index is 10.4. The molecular formula is C12H14N4O4. The molecule has 1 N–H and O–H groups in total. The Hall–Kier alpha value is -2.48. The van der Waals surface area contributed by atoms with E-state index in [-0.39, 0.29) is 13.2 Å². The van der Waals surface area contributed by atoms with Gasteiger partial charge in [0.25, 0.3) is 0 Å². The van der Waals surface area contributed by atoms with E-state index in [4.69, 9.17) is 4.74 Å². The molecule has 0 aliphatic heterocycles. The Bertz CT molecular complexity index is 581. The zero-order chi connectivity index (χ0) is 14.5. The fourth-order valence-electron chi connectivity index (χ4n) is 1.55. The van der Waals surface area contributed by atoms with Crippen molar-refractivity contribution in [2.45, 2.75) is 19.6 Å². The summed E-state index contributed by atoms with van der Waals surface area (Å²) in [5.74, 6) is 0.163. The lowest BCUT2D eigenvalue weighted by Crippen LogP contribution is -2.23. The fourth-order valence-corrected chi connectivity index (χ4v) is 1.55. The van der Waals surface area contributed by atoms with Crippen molar-refractivity contribution in [3.8, 4) is 5.75 Å². The van der Waals surface area contributed by atoms with Crippen LogP contribution in [-0.2, 0) is 6.54 Å². The van der Waals surface area contributed by atoms with Crippen molar-refractivity contribution in [1.82, 2.24) is 14.8 Å². The first kappa shape index (κ1) is 13.9. The van der Waals surface area contributed by atoms with Crippen LogP contribution in [0.4, 0.5) is 5.95 Å². The minimum atomic E-state index is -0.836. The van der Waals surface area contributed by atoms with Gasteiger partial charge in [-0.2, -0.15) is 4.68 Å². The monoisotopic (exact) mass is 278 g/mol. The molecular weight excluding hydrogens is 264 g/mol. The molecule has 8 heteroatoms. The number of ether oxygens (including phenoxy) is 1. The van der Waals surface area contributed by atoms with Gasteiger partial charge in [0.15, 0.2) is 0 Å². The summed E-state index contributed by atoms with van der Waals surface area (Å²) in [4.78, 5) is 13.2. The molecule has 20 heavy (non-hydrogen) atoms. The van der Waals surface area contributed by atoms with E-state index in [2.05, 4.69) is 10.1 Å². The van der Waals surface area contributed by atoms with Crippen LogP contribution in [0.1, 0.15) is 5.56 Å². The molecule has 8 nitrogen and oxygen atoms in total. The highest BCUT2D eigenvalue weighted by atomic mass is 16.6. The molecule has 0 fully saturated rings. The first-order valence-corrected chi connectivity index (χ1v) is 5.96. The number of hydrogen-bond donors (Lipinski definition) is 1. The molecule has 1 atom stereocenters. The van der Waals surface area contributed by atoms with Gasteiger partial charge in [-0.3, -0.25) is 0 Å². The van der Waals surface area contributed by atoms with E-state index >= 15 is 0 Å². The number of aryl methyl sites for hydroxylation is 1. The molecule has 0 saturated heterocycles. The molecule has 2 aromatic rings. The number of benzene rings is 1. The molecule has 106 valence electrons. The lowest BCUT2D eigenvalue weighted by Gasteiger charge is -2.11. The third kappa shape index (κ3) is 3.75. The smallest absolute Gasteiger partial charge is 0.490 e. The second kappa shape index (κ2) is 6.11. The van der Waals surface area contributed by atoms with Gasteiger partial charge < -0.3 is 20.0 Å². The summed E-state index contributed by atoms with van der Waals surface area (Å²) in [5.41, 5.74) is 1.12. The van der Waals surface area contributed by atoms with E-state index in [1.807, 2.05) is 31.2 Å². The van der Waals surface area contributed by atoms with Gasteiger partial charge in [0.1, 0.15) is 18.5 Å². The lowest BCUT2D eigenvalue weighted by molar-refractivity contribution is -0.394. The third-order valence-electron chi connectivity index (χ3n) is 2.55. The summed E-state index contributed by atoms with van der Waals surface area (Å²) in [7, 11) is 0. The van der Waals surface area contributed by atoms with Crippen molar-refractivity contribution in [3.05, 3.63) is 46.3 Å². The Kier molecular flexibility index (Phi) is 4.26. The van der Waals surface area contributed by atoms with Gasteiger partial charge in [0.2, 0.25) is 6.33 Å². The Morgan fingerprint density at radius 1 is 1.45 bits per heavy atom. The molecule has 1 unspecified atom stereocenters. The largest absolute Gasteiger partial charge is 0.491 e. The number of nitrogens with zero attached hydrogens (tertiary/aromatic N) is 4. The fraction of sp³-hybridized carbons (Fsp3) is 0.333. The van der Waals surface area contributed by atoms with Gasteiger partial charge in [0.05, 0.1) is 6.54 Å². The van der Waals surface area contributed by atoms with Crippen LogP contribution in [0.3, 0.4) is 0 Å². The van der Waals surface area contributed by atoms with Crippen LogP contribution in [0.2, 0.25) is 0 Å². The van der Waals surface area contributed by atoms with Crippen LogP contribution in [0.25, 0.3) is 0 Å². The molecule has 2 rings (SSSR count). The molecule has 1 aromatic heterocycles. The average Bonchev–Trinajstić information content (AvgIpc) is 2.87. The summed E-state index contributed by atoms with van der Waals surface area (Å²) in [5, 5.41) is 23.8. The number of aromatic nitrogens is 3. The third-order valence-corrected chi connectivity index (χ3v) is 2.55. The van der Waals surface area contributed by atoms with Gasteiger partial charge in [-0.15, -0.1) is 0 Å². The molecule has 0 bridgehead atoms. The van der Waals surface area contributed by atoms with Crippen molar-refractivity contribution in [2.75, 3.05) is 6.61 Å². The Balaban J connectivity index is 1.84. The summed E-state index contributed by atoms with van der Waals surface area (Å²) in [6.45, 7) is 2.11. The Morgan fingerprint density at radius 2 is 2.15 bits per heavy atom. The van der Waals surface area contributed by atoms with Gasteiger partial charge in [0, 0.05) is 5.10 Å². The second-order valence-corrected chi connectivity index (χ2v) is 4.30. The van der Waals surface area contributed by atoms with E-state index < -0.39 is 17.0 Å². The van der Waals surface area contributed by atoms with Gasteiger partial charge in [-0.05, 0) is 24.0 Å². The average molecular weight is 278 g/mol. The highest BCUT2D eigenvalue weighted by Crippen LogP contribution is 2.11. The van der Waals surface area contributed by atoms with Gasteiger partial charge in [-0.25, -0.2) is 0 Å². The minimum absolute atomic E-state index is 0.0662. The Labute approximate surface area is 114 Å². The number of nitro groups is 1. The predicted octanol–water partition coefficient (Wildman–Crippen LogP) is 0.935. The SMILES string of the molecule is Cc1ccc(OCC(O)Cn2cnc([N+](=O)[O-])n2)cc1. The van der Waals surface area contributed by atoms with Crippen LogP contribution in [0, 0.1) is 17.0 Å². The highest BCUT2D eigenvalue weighted by molar-refractivity contribution is 5.26. The molecule has 0 aliphatic carbocycles. The first-order chi connectivity index (χ1) is 9.54. The van der Waals surface area contributed by atoms with E-state index in [1.54, 1.807) is 0 Å². The molecule has 1 heterocycles. The number of rotatable bonds is 6. The predicted molar refractivity (Wildman–Crippen MR) is 69.4 cm³/mol. The van der Waals surface area contributed by atoms with E-state index in [9.17, 15) is 15.2 Å². The van der Waals surface area contributed by atoms with E-state index in [1.165, 1.54) is 11.0 Å². The van der Waals surface area contributed by atoms with Crippen LogP contribution < -0.4 is 4.74 Å². The van der Waals surface area contributed by atoms with Gasteiger partial charge >= 0.3 is 5.95 Å². The first-order valence-electron chi connectivity index (χ1n) is 5.96. The lowest BCUT2D eigenvalue weighted by atomic mass is 10.2. The van der Waals surface area contributed by atoms with Crippen molar-refractivity contribution in [3.63, 3.8) is 0 Å². The van der Waals surface area contributed by atoms with Crippen LogP contribution in [0.15, 0.2) is 30.6 Å². The van der Waals surface area contributed by atoms with Crippen LogP contribution in [-0.4, -0.2) is 37.5 Å². The van der Waals surface area contributed by atoms with E-state index in [0.717, 1.165) is 5.56 Å². The maximum atomic E-state index is 10.4. The molecule has 0 radical (unpaired) electrons. The molecule has 0 saturated carbocycles. The standard InChI is InChI=1S/C12H14N4O4/c1-9-2-4-11(5-3-9)20-7-10(17)6-15-8-13-12(14-15)16(18)19/h2-5,8,10,17H,6-7H2,1H3. The molecule has 1 aromatic carbocycles. The topological polar surface area (TPSA) is 103 Å². The summed E-state index contributed by atoms with van der Waals surface area (Å²) < 4.78 is 6.61. The second-order valence-electron chi connectivity index (χ2n) is 4.30.